The number of nitrogens with zero attached hydrogens (tertiary/aromatic N) is 3. The number of β-amino-alcohol motifs (C(OH)–C–C–N with tert-alkyl or cyclic N) is 1. The third-order valence-electron chi connectivity index (χ3n) is 8.13. The number of nitrogens with one attached hydrogen (secondary N) is 1. The number of amides is 2. The molecule has 1 aliphatic heterocycles. The molecule has 2 aromatic heterocycles. The molecule has 31 heavy (non-hydrogen) atoms. The van der Waals surface area contributed by atoms with Crippen LogP contribution in [0.5, 0.6) is 0 Å². The van der Waals surface area contributed by atoms with Gasteiger partial charge in [0.1, 0.15) is 17.2 Å². The lowest BCUT2D eigenvalue weighted by atomic mass is 9.49. The molecule has 0 unspecified atom stereocenters. The molecule has 0 radical (unpaired) electrons. The van der Waals surface area contributed by atoms with Crippen molar-refractivity contribution >= 4 is 23.3 Å². The Balaban J connectivity index is 1.20. The fraction of sp³-hybridized carbons (Fsp3) is 0.625. The summed E-state index contributed by atoms with van der Waals surface area (Å²) in [6.45, 7) is 0.893. The van der Waals surface area contributed by atoms with E-state index in [2.05, 4.69) is 10.3 Å². The van der Waals surface area contributed by atoms with Crippen molar-refractivity contribution in [2.75, 3.05) is 18.4 Å². The van der Waals surface area contributed by atoms with Crippen LogP contribution in [0.15, 0.2) is 24.4 Å². The first-order valence-corrected chi connectivity index (χ1v) is 11.7. The molecule has 1 saturated heterocycles. The molecule has 0 spiro atoms. The van der Waals surface area contributed by atoms with Gasteiger partial charge in [-0.1, -0.05) is 6.07 Å². The fourth-order valence-corrected chi connectivity index (χ4v) is 7.34. The summed E-state index contributed by atoms with van der Waals surface area (Å²) in [5, 5.41) is 12.8. The number of anilines is 1. The smallest absolute Gasteiger partial charge is 0.274 e. The van der Waals surface area contributed by atoms with Gasteiger partial charge in [-0.2, -0.15) is 0 Å². The second kappa shape index (κ2) is 7.05. The molecule has 7 nitrogen and oxygen atoms in total. The van der Waals surface area contributed by atoms with E-state index in [1.807, 2.05) is 18.2 Å². The summed E-state index contributed by atoms with van der Waals surface area (Å²) in [5.74, 6) is 3.03. The molecule has 5 fully saturated rings. The molecular weight excluding hydrogens is 392 g/mol. The van der Waals surface area contributed by atoms with E-state index in [0.717, 1.165) is 17.8 Å². The summed E-state index contributed by atoms with van der Waals surface area (Å²) in [5.41, 5.74) is 1.17. The number of likely N-dealkylation sites (tertiary alicyclic amines) is 1. The summed E-state index contributed by atoms with van der Waals surface area (Å²) in [6, 6.07) is 5.56. The van der Waals surface area contributed by atoms with Crippen molar-refractivity contribution in [1.82, 2.24) is 14.3 Å². The monoisotopic (exact) mass is 422 g/mol. The Kier molecular flexibility index (Phi) is 4.39. The molecule has 1 atom stereocenters. The van der Waals surface area contributed by atoms with Gasteiger partial charge in [-0.15, -0.1) is 0 Å². The minimum absolute atomic E-state index is 0.0682. The van der Waals surface area contributed by atoms with Crippen LogP contribution in [-0.2, 0) is 4.79 Å². The molecule has 0 aromatic carbocycles. The number of rotatable bonds is 4. The van der Waals surface area contributed by atoms with E-state index in [0.29, 0.717) is 43.1 Å². The van der Waals surface area contributed by atoms with Gasteiger partial charge >= 0.3 is 0 Å². The maximum atomic E-state index is 13.1. The predicted octanol–water partition coefficient (Wildman–Crippen LogP) is 3.09. The SMILES string of the molecule is O=C(CC12CC3CC(CC(C3)C1)C2)Nc1cccc2nc(C(=O)N3CC[C@@H](O)C3)cn12. The van der Waals surface area contributed by atoms with E-state index in [1.54, 1.807) is 15.5 Å². The van der Waals surface area contributed by atoms with Crippen LogP contribution in [0.3, 0.4) is 0 Å². The quantitative estimate of drug-likeness (QED) is 0.793. The molecule has 3 heterocycles. The van der Waals surface area contributed by atoms with E-state index in [1.165, 1.54) is 38.5 Å². The average Bonchev–Trinajstić information content (AvgIpc) is 3.33. The average molecular weight is 423 g/mol. The minimum Gasteiger partial charge on any atom is -0.391 e. The zero-order valence-electron chi connectivity index (χ0n) is 17.8. The lowest BCUT2D eigenvalue weighted by molar-refractivity contribution is -0.124. The number of carbonyl (C=O) groups is 2. The zero-order valence-corrected chi connectivity index (χ0v) is 17.8. The first kappa shape index (κ1) is 19.3. The maximum absolute atomic E-state index is 13.1. The number of aliphatic hydroxyl groups is 1. The number of hydrogen-bond acceptors (Lipinski definition) is 4. The highest BCUT2D eigenvalue weighted by molar-refractivity contribution is 5.94. The number of aliphatic hydroxyl groups excluding tert-OH is 1. The number of hydrogen-bond donors (Lipinski definition) is 2. The van der Waals surface area contributed by atoms with Crippen molar-refractivity contribution in [2.24, 2.45) is 23.2 Å². The van der Waals surface area contributed by atoms with Crippen molar-refractivity contribution in [3.05, 3.63) is 30.1 Å². The molecule has 7 rings (SSSR count). The molecule has 164 valence electrons. The number of fused-ring (bicyclic) bond motifs is 1. The van der Waals surface area contributed by atoms with Gasteiger partial charge in [0, 0.05) is 25.7 Å². The van der Waals surface area contributed by atoms with Crippen molar-refractivity contribution in [3.63, 3.8) is 0 Å². The fourth-order valence-electron chi connectivity index (χ4n) is 7.34. The molecule has 2 amide bonds. The van der Waals surface area contributed by atoms with Crippen LogP contribution in [0.1, 0.15) is 61.9 Å². The number of pyridine rings is 1. The van der Waals surface area contributed by atoms with Crippen molar-refractivity contribution in [3.8, 4) is 0 Å². The lowest BCUT2D eigenvalue weighted by Crippen LogP contribution is -2.47. The summed E-state index contributed by atoms with van der Waals surface area (Å²) >= 11 is 0. The van der Waals surface area contributed by atoms with E-state index < -0.39 is 6.10 Å². The highest BCUT2D eigenvalue weighted by atomic mass is 16.3. The van der Waals surface area contributed by atoms with Crippen LogP contribution in [0.2, 0.25) is 0 Å². The Morgan fingerprint density at radius 2 is 1.84 bits per heavy atom. The van der Waals surface area contributed by atoms with Crippen molar-refractivity contribution in [1.29, 1.82) is 0 Å². The summed E-state index contributed by atoms with van der Waals surface area (Å²) in [7, 11) is 0. The van der Waals surface area contributed by atoms with Crippen LogP contribution in [0, 0.1) is 23.2 Å². The molecule has 2 N–H and O–H groups in total. The topological polar surface area (TPSA) is 86.9 Å². The predicted molar refractivity (Wildman–Crippen MR) is 116 cm³/mol. The Labute approximate surface area is 181 Å². The van der Waals surface area contributed by atoms with Gasteiger partial charge in [-0.05, 0) is 80.2 Å². The van der Waals surface area contributed by atoms with Crippen molar-refractivity contribution in [2.45, 2.75) is 57.5 Å². The van der Waals surface area contributed by atoms with Gasteiger partial charge in [0.05, 0.1) is 6.10 Å². The molecular formula is C24H30N4O3. The molecule has 5 aliphatic rings. The van der Waals surface area contributed by atoms with E-state index in [-0.39, 0.29) is 17.2 Å². The Hall–Kier alpha value is -2.41. The number of carbonyl (C=O) groups excluding carboxylic acids is 2. The van der Waals surface area contributed by atoms with Gasteiger partial charge in [-0.25, -0.2) is 4.98 Å². The van der Waals surface area contributed by atoms with Gasteiger partial charge in [0.2, 0.25) is 5.91 Å². The van der Waals surface area contributed by atoms with Crippen LogP contribution in [0.25, 0.3) is 5.65 Å². The van der Waals surface area contributed by atoms with Gasteiger partial charge in [0.25, 0.3) is 5.91 Å². The largest absolute Gasteiger partial charge is 0.391 e. The molecule has 4 bridgehead atoms. The second-order valence-electron chi connectivity index (χ2n) is 10.6. The van der Waals surface area contributed by atoms with E-state index >= 15 is 0 Å². The maximum Gasteiger partial charge on any atom is 0.274 e. The highest BCUT2D eigenvalue weighted by Gasteiger charge is 2.51. The van der Waals surface area contributed by atoms with Crippen LogP contribution < -0.4 is 5.32 Å². The molecule has 7 heteroatoms. The van der Waals surface area contributed by atoms with E-state index in [4.69, 9.17) is 0 Å². The normalized spacial score (nSPS) is 33.9. The lowest BCUT2D eigenvalue weighted by Gasteiger charge is -2.56. The number of imidazole rings is 1. The van der Waals surface area contributed by atoms with Gasteiger partial charge < -0.3 is 15.3 Å². The molecule has 4 saturated carbocycles. The Morgan fingerprint density at radius 1 is 1.13 bits per heavy atom. The van der Waals surface area contributed by atoms with Crippen LogP contribution >= 0.6 is 0 Å². The minimum atomic E-state index is -0.458. The Morgan fingerprint density at radius 3 is 2.48 bits per heavy atom. The summed E-state index contributed by atoms with van der Waals surface area (Å²) < 4.78 is 1.79. The standard InChI is InChI=1S/C24H30N4O3/c29-18-4-5-27(13-18)23(31)19-14-28-20(25-19)2-1-3-21(28)26-22(30)12-24-9-15-6-16(10-24)8-17(7-15)11-24/h1-3,14-18,29H,4-13H2,(H,26,30)/t15?,16?,17?,18-,24?/m1/s1. The number of aromatic nitrogens is 2. The third-order valence-corrected chi connectivity index (χ3v) is 8.13. The molecule has 2 aromatic rings. The summed E-state index contributed by atoms with van der Waals surface area (Å²) in [6.07, 6.45) is 10.2. The first-order chi connectivity index (χ1) is 15.0. The van der Waals surface area contributed by atoms with E-state index in [9.17, 15) is 14.7 Å². The third kappa shape index (κ3) is 3.43. The molecule has 4 aliphatic carbocycles. The first-order valence-electron chi connectivity index (χ1n) is 11.7. The highest BCUT2D eigenvalue weighted by Crippen LogP contribution is 2.61. The Bertz CT molecular complexity index is 1010. The van der Waals surface area contributed by atoms with Crippen LogP contribution in [-0.4, -0.2) is 50.4 Å². The zero-order chi connectivity index (χ0) is 21.2. The summed E-state index contributed by atoms with van der Waals surface area (Å²) in [4.78, 5) is 31.9. The van der Waals surface area contributed by atoms with Gasteiger partial charge in [0.15, 0.2) is 0 Å². The van der Waals surface area contributed by atoms with Crippen LogP contribution in [0.4, 0.5) is 5.82 Å². The van der Waals surface area contributed by atoms with Gasteiger partial charge in [-0.3, -0.25) is 14.0 Å². The van der Waals surface area contributed by atoms with Crippen molar-refractivity contribution < 1.29 is 14.7 Å². The second-order valence-corrected chi connectivity index (χ2v) is 10.6.